The van der Waals surface area contributed by atoms with E-state index < -0.39 is 0 Å². The Morgan fingerprint density at radius 1 is 1.33 bits per heavy atom. The van der Waals surface area contributed by atoms with Crippen LogP contribution in [0.2, 0.25) is 5.02 Å². The molecule has 0 radical (unpaired) electrons. The van der Waals surface area contributed by atoms with Crippen LogP contribution in [-0.2, 0) is 6.54 Å². The summed E-state index contributed by atoms with van der Waals surface area (Å²) in [6.07, 6.45) is 0.896. The maximum Gasteiger partial charge on any atom is 0.170 e. The summed E-state index contributed by atoms with van der Waals surface area (Å²) in [5.41, 5.74) is 2.73. The molecule has 24 heavy (non-hydrogen) atoms. The number of aryl methyl sites for hydroxylation is 2. The first kappa shape index (κ1) is 18.5. The number of halogens is 1. The normalized spacial score (nSPS) is 10.5. The van der Waals surface area contributed by atoms with E-state index in [2.05, 4.69) is 15.7 Å². The van der Waals surface area contributed by atoms with Crippen molar-refractivity contribution in [2.75, 3.05) is 18.5 Å². The second kappa shape index (κ2) is 8.89. The van der Waals surface area contributed by atoms with Gasteiger partial charge in [0.2, 0.25) is 0 Å². The molecule has 0 amide bonds. The second-order valence-corrected chi connectivity index (χ2v) is 6.16. The molecular formula is C17H23ClN4OS. The van der Waals surface area contributed by atoms with Crippen LogP contribution in [0, 0.1) is 13.8 Å². The molecule has 0 atom stereocenters. The number of hydrogen-bond acceptors (Lipinski definition) is 3. The zero-order chi connectivity index (χ0) is 17.5. The van der Waals surface area contributed by atoms with Gasteiger partial charge in [-0.05, 0) is 51.5 Å². The SMILES string of the molecule is CCOc1ccccc1NC(=S)NCCCn1nc(C)c(Cl)c1C. The summed E-state index contributed by atoms with van der Waals surface area (Å²) in [5.74, 6) is 0.793. The van der Waals surface area contributed by atoms with Crippen LogP contribution in [0.5, 0.6) is 5.75 Å². The molecule has 1 aromatic carbocycles. The fourth-order valence-corrected chi connectivity index (χ4v) is 2.69. The van der Waals surface area contributed by atoms with Gasteiger partial charge in [-0.1, -0.05) is 23.7 Å². The maximum atomic E-state index is 6.15. The number of ether oxygens (including phenoxy) is 1. The fraction of sp³-hybridized carbons (Fsp3) is 0.412. The van der Waals surface area contributed by atoms with E-state index in [0.29, 0.717) is 11.7 Å². The van der Waals surface area contributed by atoms with Crippen LogP contribution in [0.3, 0.4) is 0 Å². The lowest BCUT2D eigenvalue weighted by atomic mass is 10.3. The van der Waals surface area contributed by atoms with Gasteiger partial charge in [0.15, 0.2) is 5.11 Å². The molecule has 0 bridgehead atoms. The number of nitrogens with one attached hydrogen (secondary N) is 2. The third-order valence-electron chi connectivity index (χ3n) is 3.56. The molecule has 2 N–H and O–H groups in total. The highest BCUT2D eigenvalue weighted by molar-refractivity contribution is 7.80. The van der Waals surface area contributed by atoms with Crippen molar-refractivity contribution in [2.24, 2.45) is 0 Å². The maximum absolute atomic E-state index is 6.15. The first-order valence-corrected chi connectivity index (χ1v) is 8.77. The second-order valence-electron chi connectivity index (χ2n) is 5.37. The Morgan fingerprint density at radius 2 is 2.08 bits per heavy atom. The van der Waals surface area contributed by atoms with Gasteiger partial charge in [0.1, 0.15) is 5.75 Å². The molecule has 0 fully saturated rings. The van der Waals surface area contributed by atoms with E-state index in [1.165, 1.54) is 0 Å². The molecule has 0 aliphatic carbocycles. The molecule has 130 valence electrons. The zero-order valence-electron chi connectivity index (χ0n) is 14.2. The Labute approximate surface area is 153 Å². The van der Waals surface area contributed by atoms with E-state index in [1.54, 1.807) is 0 Å². The van der Waals surface area contributed by atoms with Gasteiger partial charge in [-0.2, -0.15) is 5.10 Å². The van der Waals surface area contributed by atoms with Crippen molar-refractivity contribution in [3.63, 3.8) is 0 Å². The minimum absolute atomic E-state index is 0.577. The number of benzene rings is 1. The van der Waals surface area contributed by atoms with Crippen molar-refractivity contribution >= 4 is 34.6 Å². The van der Waals surface area contributed by atoms with Gasteiger partial charge in [-0.25, -0.2) is 0 Å². The number of nitrogens with zero attached hydrogens (tertiary/aromatic N) is 2. The van der Waals surface area contributed by atoms with Crippen LogP contribution in [0.4, 0.5) is 5.69 Å². The van der Waals surface area contributed by atoms with Crippen molar-refractivity contribution in [1.29, 1.82) is 0 Å². The van der Waals surface area contributed by atoms with E-state index in [1.807, 2.05) is 49.7 Å². The van der Waals surface area contributed by atoms with Crippen molar-refractivity contribution in [3.8, 4) is 5.75 Å². The lowest BCUT2D eigenvalue weighted by Crippen LogP contribution is -2.30. The van der Waals surface area contributed by atoms with E-state index in [4.69, 9.17) is 28.6 Å². The minimum atomic E-state index is 0.577. The average molecular weight is 367 g/mol. The van der Waals surface area contributed by atoms with E-state index in [-0.39, 0.29) is 0 Å². The molecule has 1 aromatic heterocycles. The van der Waals surface area contributed by atoms with Gasteiger partial charge in [-0.3, -0.25) is 4.68 Å². The highest BCUT2D eigenvalue weighted by atomic mass is 35.5. The molecule has 0 saturated heterocycles. The summed E-state index contributed by atoms with van der Waals surface area (Å²) in [4.78, 5) is 0. The Morgan fingerprint density at radius 3 is 2.75 bits per heavy atom. The Bertz CT molecular complexity index is 702. The average Bonchev–Trinajstić information content (AvgIpc) is 2.81. The molecular weight excluding hydrogens is 344 g/mol. The molecule has 2 rings (SSSR count). The third kappa shape index (κ3) is 4.85. The highest BCUT2D eigenvalue weighted by Crippen LogP contribution is 2.23. The molecule has 0 spiro atoms. The lowest BCUT2D eigenvalue weighted by Gasteiger charge is -2.14. The van der Waals surface area contributed by atoms with Crippen LogP contribution >= 0.6 is 23.8 Å². The molecule has 0 saturated carbocycles. The van der Waals surface area contributed by atoms with Crippen LogP contribution in [-0.4, -0.2) is 28.0 Å². The summed E-state index contributed by atoms with van der Waals surface area (Å²) in [6, 6.07) is 7.74. The predicted molar refractivity (Wildman–Crippen MR) is 103 cm³/mol. The number of rotatable bonds is 7. The minimum Gasteiger partial charge on any atom is -0.492 e. The number of para-hydroxylation sites is 2. The van der Waals surface area contributed by atoms with Crippen LogP contribution in [0.1, 0.15) is 24.7 Å². The van der Waals surface area contributed by atoms with Crippen molar-refractivity contribution < 1.29 is 4.74 Å². The van der Waals surface area contributed by atoms with E-state index in [0.717, 1.165) is 47.4 Å². The molecule has 5 nitrogen and oxygen atoms in total. The summed E-state index contributed by atoms with van der Waals surface area (Å²) in [6.45, 7) is 8.01. The monoisotopic (exact) mass is 366 g/mol. The molecule has 2 aromatic rings. The first-order valence-electron chi connectivity index (χ1n) is 7.99. The highest BCUT2D eigenvalue weighted by Gasteiger charge is 2.08. The zero-order valence-corrected chi connectivity index (χ0v) is 15.8. The lowest BCUT2D eigenvalue weighted by molar-refractivity contribution is 0.342. The summed E-state index contributed by atoms with van der Waals surface area (Å²) >= 11 is 11.5. The molecule has 0 unspecified atom stereocenters. The van der Waals surface area contributed by atoms with Gasteiger partial charge in [0.05, 0.1) is 28.7 Å². The van der Waals surface area contributed by atoms with Gasteiger partial charge in [0.25, 0.3) is 0 Å². The van der Waals surface area contributed by atoms with Crippen molar-refractivity contribution in [2.45, 2.75) is 33.7 Å². The van der Waals surface area contributed by atoms with E-state index >= 15 is 0 Å². The first-order chi connectivity index (χ1) is 11.5. The molecule has 7 heteroatoms. The Hall–Kier alpha value is -1.79. The Balaban J connectivity index is 1.78. The predicted octanol–water partition coefficient (Wildman–Crippen LogP) is 3.93. The van der Waals surface area contributed by atoms with Crippen molar-refractivity contribution in [3.05, 3.63) is 40.7 Å². The van der Waals surface area contributed by atoms with Gasteiger partial charge in [0, 0.05) is 13.1 Å². The van der Waals surface area contributed by atoms with Crippen LogP contribution in [0.25, 0.3) is 0 Å². The third-order valence-corrected chi connectivity index (χ3v) is 4.35. The molecule has 0 aliphatic rings. The van der Waals surface area contributed by atoms with Gasteiger partial charge >= 0.3 is 0 Å². The van der Waals surface area contributed by atoms with Crippen LogP contribution < -0.4 is 15.4 Å². The molecule has 1 heterocycles. The molecule has 0 aliphatic heterocycles. The largest absolute Gasteiger partial charge is 0.492 e. The van der Waals surface area contributed by atoms with Gasteiger partial charge < -0.3 is 15.4 Å². The number of anilines is 1. The van der Waals surface area contributed by atoms with Crippen LogP contribution in [0.15, 0.2) is 24.3 Å². The number of thiocarbonyl (C=S) groups is 1. The van der Waals surface area contributed by atoms with E-state index in [9.17, 15) is 0 Å². The summed E-state index contributed by atoms with van der Waals surface area (Å²) in [7, 11) is 0. The quantitative estimate of drug-likeness (QED) is 0.574. The summed E-state index contributed by atoms with van der Waals surface area (Å²) in [5, 5.41) is 12.1. The standard InChI is InChI=1S/C17H23ClN4OS/c1-4-23-15-9-6-5-8-14(15)20-17(24)19-10-7-11-22-13(3)16(18)12(2)21-22/h5-6,8-9H,4,7,10-11H2,1-3H3,(H2,19,20,24). The van der Waals surface area contributed by atoms with Crippen molar-refractivity contribution in [1.82, 2.24) is 15.1 Å². The summed E-state index contributed by atoms with van der Waals surface area (Å²) < 4.78 is 7.50. The fourth-order valence-electron chi connectivity index (χ4n) is 2.34. The Kier molecular flexibility index (Phi) is 6.87. The number of hydrogen-bond donors (Lipinski definition) is 2. The number of aromatic nitrogens is 2. The van der Waals surface area contributed by atoms with Gasteiger partial charge in [-0.15, -0.1) is 0 Å². The topological polar surface area (TPSA) is 51.1 Å². The smallest absolute Gasteiger partial charge is 0.170 e.